The zero-order chi connectivity index (χ0) is 65.8. The highest BCUT2D eigenvalue weighted by Crippen LogP contribution is 2.46. The van der Waals surface area contributed by atoms with Crippen molar-refractivity contribution < 1.29 is 80.8 Å². The molecule has 2 aliphatic heterocycles. The molecule has 1 aromatic carbocycles. The lowest BCUT2D eigenvalue weighted by Gasteiger charge is -2.31. The first kappa shape index (κ1) is 72.1. The summed E-state index contributed by atoms with van der Waals surface area (Å²) in [6, 6.07) is 3.34. The first-order chi connectivity index (χ1) is 44.6. The van der Waals surface area contributed by atoms with Gasteiger partial charge in [-0.1, -0.05) is 25.9 Å². The lowest BCUT2D eigenvalue weighted by molar-refractivity contribution is -0.172. The number of primary amides is 1. The van der Waals surface area contributed by atoms with Gasteiger partial charge in [0, 0.05) is 59.6 Å². The minimum atomic E-state index is -2.01. The third kappa shape index (κ3) is 20.6. The number of azide groups is 1. The highest BCUT2D eigenvalue weighted by molar-refractivity contribution is 5.98. The summed E-state index contributed by atoms with van der Waals surface area (Å²) >= 11 is 0. The van der Waals surface area contributed by atoms with Crippen LogP contribution in [-0.4, -0.2) is 193 Å². The van der Waals surface area contributed by atoms with Gasteiger partial charge in [0.1, 0.15) is 24.5 Å². The number of carbonyl (C=O) groups is 5. The van der Waals surface area contributed by atoms with Gasteiger partial charge in [0.2, 0.25) is 17.7 Å². The average molecular weight is 1290 g/mol. The number of urea groups is 1. The molecule has 4 aromatic rings. The maximum atomic E-state index is 15.5. The van der Waals surface area contributed by atoms with Crippen LogP contribution in [0.3, 0.4) is 0 Å². The van der Waals surface area contributed by atoms with Crippen molar-refractivity contribution in [3.05, 3.63) is 96.2 Å². The summed E-state index contributed by atoms with van der Waals surface area (Å²) in [6.07, 6.45) is 2.96. The predicted molar refractivity (Wildman–Crippen MR) is 332 cm³/mol. The number of aromatic nitrogens is 3. The van der Waals surface area contributed by atoms with Crippen LogP contribution in [0.5, 0.6) is 0 Å². The van der Waals surface area contributed by atoms with Gasteiger partial charge < -0.3 is 89.4 Å². The number of nitrogens with one attached hydrogen (secondary N) is 5. The Bertz CT molecular complexity index is 3220. The standard InChI is InChI=1S/C62H87FN12O17/c1-5-62(82)46-33-51-56-44(37-75(51)59(79)45(46)38-92-60(62)80)54-48(11-10-43-40(4)47(63)34-50(71-56)53(43)54)68-35-41-8-9-42(36-67-41)70-57(77)49(7-6-13-66-61(64)81)72-58(78)55(39(2)3)73-52(76)12-15-83-17-19-85-21-23-87-25-27-89-29-31-91-32-30-90-28-26-88-24-22-86-20-18-84-16-14-69-74-65/h8-9,33-34,36,39,48-49,55,68,82H,5-7,10-32,35,37-38H2,1-4H3,(H,70,77)(H,72,78)(H,73,76)(H3,64,66,81)/t48-,49-,55-,62-/m0/s1. The number of cyclic esters (lactones) is 1. The fourth-order valence-electron chi connectivity index (χ4n) is 10.8. The van der Waals surface area contributed by atoms with Crippen LogP contribution in [0.25, 0.3) is 32.7 Å². The second-order valence-corrected chi connectivity index (χ2v) is 22.3. The second kappa shape index (κ2) is 37.4. The third-order valence-electron chi connectivity index (χ3n) is 15.7. The minimum absolute atomic E-state index is 0.0135. The Balaban J connectivity index is 0.790. The third-order valence-corrected chi connectivity index (χ3v) is 15.7. The summed E-state index contributed by atoms with van der Waals surface area (Å²) in [5, 5.41) is 30.2. The van der Waals surface area contributed by atoms with E-state index < -0.39 is 58.8 Å². The van der Waals surface area contributed by atoms with Gasteiger partial charge in [0.15, 0.2) is 5.60 Å². The number of benzene rings is 1. The Kier molecular flexibility index (Phi) is 29.3. The molecule has 5 heterocycles. The van der Waals surface area contributed by atoms with E-state index in [9.17, 15) is 33.9 Å². The highest BCUT2D eigenvalue weighted by atomic mass is 19.1. The number of anilines is 1. The van der Waals surface area contributed by atoms with Crippen molar-refractivity contribution in [3.8, 4) is 11.4 Å². The van der Waals surface area contributed by atoms with Crippen molar-refractivity contribution in [3.63, 3.8) is 0 Å². The van der Waals surface area contributed by atoms with Crippen LogP contribution in [0.15, 0.2) is 40.4 Å². The molecule has 0 bridgehead atoms. The number of nitrogens with two attached hydrogens (primary N) is 1. The summed E-state index contributed by atoms with van der Waals surface area (Å²) in [5.41, 5.74) is 16.7. The summed E-state index contributed by atoms with van der Waals surface area (Å²) in [5.74, 6) is -3.17. The van der Waals surface area contributed by atoms with Crippen LogP contribution < -0.4 is 37.9 Å². The molecule has 29 nitrogen and oxygen atoms in total. The Morgan fingerprint density at radius 1 is 0.837 bits per heavy atom. The number of ether oxygens (including phenoxy) is 10. The molecule has 0 radical (unpaired) electrons. The molecule has 4 atom stereocenters. The second-order valence-electron chi connectivity index (χ2n) is 22.3. The number of rotatable bonds is 44. The van der Waals surface area contributed by atoms with E-state index in [1.165, 1.54) is 12.3 Å². The van der Waals surface area contributed by atoms with Crippen LogP contribution >= 0.6 is 0 Å². The molecule has 7 rings (SSSR count). The van der Waals surface area contributed by atoms with E-state index >= 15 is 4.39 Å². The molecule has 0 fully saturated rings. The van der Waals surface area contributed by atoms with E-state index in [4.69, 9.17) is 63.6 Å². The molecular formula is C62H87FN12O17. The molecule has 0 spiro atoms. The molecule has 8 N–H and O–H groups in total. The summed E-state index contributed by atoms with van der Waals surface area (Å²) in [7, 11) is 0. The average Bonchev–Trinajstić information content (AvgIpc) is 1.47. The fraction of sp³-hybridized carbons (Fsp3) is 0.613. The summed E-state index contributed by atoms with van der Waals surface area (Å²) in [4.78, 5) is 91.4. The van der Waals surface area contributed by atoms with Gasteiger partial charge in [-0.2, -0.15) is 0 Å². The van der Waals surface area contributed by atoms with Crippen LogP contribution in [0.1, 0.15) is 98.0 Å². The zero-order valence-corrected chi connectivity index (χ0v) is 52.8. The highest BCUT2D eigenvalue weighted by Gasteiger charge is 2.46. The molecule has 0 saturated carbocycles. The molecule has 3 aromatic heterocycles. The van der Waals surface area contributed by atoms with E-state index in [0.29, 0.717) is 152 Å². The monoisotopic (exact) mass is 1290 g/mol. The summed E-state index contributed by atoms with van der Waals surface area (Å²) < 4.78 is 71.6. The van der Waals surface area contributed by atoms with Crippen LogP contribution in [0.2, 0.25) is 0 Å². The van der Waals surface area contributed by atoms with E-state index in [1.54, 1.807) is 50.5 Å². The molecule has 1 aliphatic carbocycles. The number of aryl methyl sites for hydroxylation is 1. The van der Waals surface area contributed by atoms with Gasteiger partial charge in [-0.15, -0.1) is 0 Å². The fourth-order valence-corrected chi connectivity index (χ4v) is 10.8. The lowest BCUT2D eigenvalue weighted by atomic mass is 9.81. The van der Waals surface area contributed by atoms with Crippen molar-refractivity contribution in [2.75, 3.05) is 137 Å². The zero-order valence-electron chi connectivity index (χ0n) is 52.8. The van der Waals surface area contributed by atoms with Gasteiger partial charge in [-0.25, -0.2) is 19.0 Å². The van der Waals surface area contributed by atoms with Crippen molar-refractivity contribution in [1.82, 2.24) is 35.8 Å². The first-order valence-electron chi connectivity index (χ1n) is 31.2. The maximum absolute atomic E-state index is 15.5. The number of pyridine rings is 3. The number of aliphatic hydroxyl groups is 1. The number of esters is 1. The SMILES string of the molecule is CC[C@@]1(O)C(=O)OCc2c1cc1n(c2=O)Cc2c-1nc1cc(F)c(C)c3c1c2[C@@H](NCc1ccc(NC(=O)[C@H](CCCNC(N)=O)NC(=O)[C@@H](NC(=O)CCOCCOCCOCCOCCOCCOCCOCCOCCOCCN=[N+]=[N-])C(C)C)cn1)CC3. The van der Waals surface area contributed by atoms with Crippen LogP contribution in [0.4, 0.5) is 14.9 Å². The molecular weight excluding hydrogens is 1200 g/mol. The maximum Gasteiger partial charge on any atom is 0.343 e. The number of carbonyl (C=O) groups excluding carboxylic acids is 5. The topological polar surface area (TPSA) is 381 Å². The van der Waals surface area contributed by atoms with Crippen molar-refractivity contribution in [2.45, 2.75) is 110 Å². The van der Waals surface area contributed by atoms with Gasteiger partial charge in [-0.3, -0.25) is 24.2 Å². The number of amides is 5. The van der Waals surface area contributed by atoms with Crippen LogP contribution in [-0.2, 0) is 98.3 Å². The van der Waals surface area contributed by atoms with Gasteiger partial charge >= 0.3 is 12.0 Å². The Morgan fingerprint density at radius 2 is 1.43 bits per heavy atom. The molecule has 92 heavy (non-hydrogen) atoms. The first-order valence-corrected chi connectivity index (χ1v) is 31.2. The van der Waals surface area contributed by atoms with E-state index in [-0.39, 0.29) is 94.8 Å². The number of halogens is 1. The van der Waals surface area contributed by atoms with E-state index in [2.05, 4.69) is 41.6 Å². The number of hydrogen-bond donors (Lipinski definition) is 7. The lowest BCUT2D eigenvalue weighted by Crippen LogP contribution is -2.54. The van der Waals surface area contributed by atoms with E-state index in [1.807, 2.05) is 0 Å². The molecule has 3 aliphatic rings. The molecule has 30 heteroatoms. The van der Waals surface area contributed by atoms with Crippen LogP contribution in [0, 0.1) is 18.7 Å². The largest absolute Gasteiger partial charge is 0.458 e. The van der Waals surface area contributed by atoms with Crippen molar-refractivity contribution in [1.29, 1.82) is 0 Å². The Labute approximate surface area is 532 Å². The Morgan fingerprint density at radius 3 is 1.99 bits per heavy atom. The quantitative estimate of drug-likeness (QED) is 0.00963. The molecule has 5 amide bonds. The Hall–Kier alpha value is -7.32. The summed E-state index contributed by atoms with van der Waals surface area (Å²) in [6.45, 7) is 14.2. The van der Waals surface area contributed by atoms with Gasteiger partial charge in [0.05, 0.1) is 166 Å². The van der Waals surface area contributed by atoms with Crippen molar-refractivity contribution in [2.24, 2.45) is 16.8 Å². The van der Waals surface area contributed by atoms with Gasteiger partial charge in [0.25, 0.3) is 5.56 Å². The van der Waals surface area contributed by atoms with Crippen molar-refractivity contribution >= 4 is 46.3 Å². The molecule has 0 saturated heterocycles. The number of fused-ring (bicyclic) bond motifs is 5. The normalized spacial score (nSPS) is 16.1. The smallest absolute Gasteiger partial charge is 0.343 e. The van der Waals surface area contributed by atoms with E-state index in [0.717, 1.165) is 22.1 Å². The number of hydrogen-bond acceptors (Lipinski definition) is 21. The molecule has 0 unspecified atom stereocenters. The molecule has 504 valence electrons. The van der Waals surface area contributed by atoms with Gasteiger partial charge in [-0.05, 0) is 85.4 Å². The number of nitrogens with zero attached hydrogens (tertiary/aromatic N) is 6. The minimum Gasteiger partial charge on any atom is -0.458 e. The predicted octanol–water partition coefficient (Wildman–Crippen LogP) is 3.56.